The lowest BCUT2D eigenvalue weighted by molar-refractivity contribution is -0.118. The molecule has 5 nitrogen and oxygen atoms in total. The molecule has 0 saturated heterocycles. The summed E-state index contributed by atoms with van der Waals surface area (Å²) in [6.07, 6.45) is 0. The minimum absolute atomic E-state index is 0.132. The summed E-state index contributed by atoms with van der Waals surface area (Å²) in [4.78, 5) is 23.9. The summed E-state index contributed by atoms with van der Waals surface area (Å²) in [7, 11) is 1.32. The van der Waals surface area contributed by atoms with Gasteiger partial charge in [0, 0.05) is 5.69 Å². The van der Waals surface area contributed by atoms with E-state index in [0.29, 0.717) is 17.0 Å². The van der Waals surface area contributed by atoms with Gasteiger partial charge in [-0.05, 0) is 47.9 Å². The fraction of sp³-hybridized carbons (Fsp3) is 0.130. The molecule has 0 aromatic heterocycles. The number of aryl methyl sites for hydroxylation is 1. The SMILES string of the molecule is COC(=O)c1ccc(C)c(NC(=O)COc2ccc(-c3ccccc3)cc2)c1. The van der Waals surface area contributed by atoms with Crippen molar-refractivity contribution in [1.82, 2.24) is 0 Å². The zero-order valence-electron chi connectivity index (χ0n) is 15.8. The van der Waals surface area contributed by atoms with Gasteiger partial charge in [-0.15, -0.1) is 0 Å². The Morgan fingerprint density at radius 3 is 2.25 bits per heavy atom. The molecule has 3 rings (SSSR count). The molecular formula is C23H21NO4. The molecule has 0 spiro atoms. The van der Waals surface area contributed by atoms with Crippen LogP contribution in [0.3, 0.4) is 0 Å². The maximum Gasteiger partial charge on any atom is 0.337 e. The molecule has 0 aliphatic rings. The van der Waals surface area contributed by atoms with Crippen LogP contribution in [-0.2, 0) is 9.53 Å². The van der Waals surface area contributed by atoms with E-state index in [1.807, 2.05) is 61.5 Å². The normalized spacial score (nSPS) is 10.2. The Hall–Kier alpha value is -3.60. The summed E-state index contributed by atoms with van der Waals surface area (Å²) >= 11 is 0. The highest BCUT2D eigenvalue weighted by Crippen LogP contribution is 2.22. The largest absolute Gasteiger partial charge is 0.484 e. The minimum Gasteiger partial charge on any atom is -0.484 e. The number of anilines is 1. The Kier molecular flexibility index (Phi) is 6.07. The highest BCUT2D eigenvalue weighted by atomic mass is 16.5. The molecule has 0 fully saturated rings. The van der Waals surface area contributed by atoms with Crippen molar-refractivity contribution >= 4 is 17.6 Å². The van der Waals surface area contributed by atoms with Gasteiger partial charge in [-0.2, -0.15) is 0 Å². The van der Waals surface area contributed by atoms with Gasteiger partial charge < -0.3 is 14.8 Å². The number of methoxy groups -OCH3 is 1. The van der Waals surface area contributed by atoms with Gasteiger partial charge in [0.1, 0.15) is 5.75 Å². The molecule has 142 valence electrons. The van der Waals surface area contributed by atoms with Gasteiger partial charge in [-0.3, -0.25) is 4.79 Å². The van der Waals surface area contributed by atoms with Crippen LogP contribution >= 0.6 is 0 Å². The average Bonchev–Trinajstić information content (AvgIpc) is 2.74. The topological polar surface area (TPSA) is 64.6 Å². The number of hydrogen-bond acceptors (Lipinski definition) is 4. The Morgan fingerprint density at radius 2 is 1.57 bits per heavy atom. The van der Waals surface area contributed by atoms with E-state index in [9.17, 15) is 9.59 Å². The summed E-state index contributed by atoms with van der Waals surface area (Å²) < 4.78 is 10.3. The number of nitrogens with one attached hydrogen (secondary N) is 1. The monoisotopic (exact) mass is 375 g/mol. The lowest BCUT2D eigenvalue weighted by Gasteiger charge is -2.11. The van der Waals surface area contributed by atoms with E-state index in [1.54, 1.807) is 18.2 Å². The molecule has 3 aromatic carbocycles. The van der Waals surface area contributed by atoms with E-state index >= 15 is 0 Å². The van der Waals surface area contributed by atoms with Crippen LogP contribution in [0.1, 0.15) is 15.9 Å². The summed E-state index contributed by atoms with van der Waals surface area (Å²) in [6.45, 7) is 1.71. The Balaban J connectivity index is 1.59. The maximum absolute atomic E-state index is 12.2. The summed E-state index contributed by atoms with van der Waals surface area (Å²) in [6, 6.07) is 22.6. The molecule has 1 N–H and O–H groups in total. The predicted octanol–water partition coefficient (Wildman–Crippen LogP) is 4.47. The van der Waals surface area contributed by atoms with Gasteiger partial charge in [0.05, 0.1) is 12.7 Å². The first-order chi connectivity index (χ1) is 13.6. The van der Waals surface area contributed by atoms with Gasteiger partial charge >= 0.3 is 5.97 Å². The zero-order valence-corrected chi connectivity index (χ0v) is 15.8. The predicted molar refractivity (Wildman–Crippen MR) is 109 cm³/mol. The number of carbonyl (C=O) groups excluding carboxylic acids is 2. The van der Waals surface area contributed by atoms with Crippen LogP contribution in [0.25, 0.3) is 11.1 Å². The van der Waals surface area contributed by atoms with E-state index in [0.717, 1.165) is 16.7 Å². The third kappa shape index (κ3) is 4.76. The number of amides is 1. The second-order valence-electron chi connectivity index (χ2n) is 6.25. The van der Waals surface area contributed by atoms with Crippen molar-refractivity contribution in [3.8, 4) is 16.9 Å². The molecule has 1 amide bonds. The molecule has 28 heavy (non-hydrogen) atoms. The number of carbonyl (C=O) groups is 2. The third-order valence-electron chi connectivity index (χ3n) is 4.26. The molecule has 5 heteroatoms. The molecule has 0 bridgehead atoms. The quantitative estimate of drug-likeness (QED) is 0.646. The fourth-order valence-electron chi connectivity index (χ4n) is 2.71. The standard InChI is InChI=1S/C23H21NO4/c1-16-8-9-19(23(26)27-2)14-21(16)24-22(25)15-28-20-12-10-18(11-13-20)17-6-4-3-5-7-17/h3-14H,15H2,1-2H3,(H,24,25). The number of esters is 1. The van der Waals surface area contributed by atoms with Crippen molar-refractivity contribution < 1.29 is 19.1 Å². The smallest absolute Gasteiger partial charge is 0.337 e. The van der Waals surface area contributed by atoms with Gasteiger partial charge in [-0.1, -0.05) is 48.5 Å². The average molecular weight is 375 g/mol. The number of rotatable bonds is 6. The van der Waals surface area contributed by atoms with E-state index in [2.05, 4.69) is 5.32 Å². The molecule has 0 unspecified atom stereocenters. The van der Waals surface area contributed by atoms with Crippen LogP contribution in [0, 0.1) is 6.92 Å². The van der Waals surface area contributed by atoms with E-state index in [1.165, 1.54) is 7.11 Å². The van der Waals surface area contributed by atoms with Gasteiger partial charge in [-0.25, -0.2) is 4.79 Å². The van der Waals surface area contributed by atoms with Crippen molar-refractivity contribution in [3.05, 3.63) is 83.9 Å². The van der Waals surface area contributed by atoms with Crippen molar-refractivity contribution in [2.45, 2.75) is 6.92 Å². The lowest BCUT2D eigenvalue weighted by atomic mass is 10.1. The second kappa shape index (κ2) is 8.86. The van der Waals surface area contributed by atoms with E-state index in [4.69, 9.17) is 9.47 Å². The Labute approximate surface area is 163 Å². The first-order valence-corrected chi connectivity index (χ1v) is 8.84. The highest BCUT2D eigenvalue weighted by Gasteiger charge is 2.11. The summed E-state index contributed by atoms with van der Waals surface area (Å²) in [5.41, 5.74) is 3.96. The molecule has 0 aliphatic carbocycles. The van der Waals surface area contributed by atoms with Crippen LogP contribution in [0.15, 0.2) is 72.8 Å². The van der Waals surface area contributed by atoms with Crippen LogP contribution in [0.5, 0.6) is 5.75 Å². The second-order valence-corrected chi connectivity index (χ2v) is 6.25. The first-order valence-electron chi connectivity index (χ1n) is 8.84. The molecule has 0 radical (unpaired) electrons. The molecule has 0 heterocycles. The molecule has 0 aliphatic heterocycles. The van der Waals surface area contributed by atoms with Gasteiger partial charge in [0.15, 0.2) is 6.61 Å². The van der Waals surface area contributed by atoms with E-state index < -0.39 is 5.97 Å². The fourth-order valence-corrected chi connectivity index (χ4v) is 2.71. The van der Waals surface area contributed by atoms with Crippen molar-refractivity contribution in [2.24, 2.45) is 0 Å². The van der Waals surface area contributed by atoms with Crippen LogP contribution in [0.4, 0.5) is 5.69 Å². The van der Waals surface area contributed by atoms with Crippen molar-refractivity contribution in [1.29, 1.82) is 0 Å². The Bertz CT molecular complexity index is 966. The molecule has 0 saturated carbocycles. The Morgan fingerprint density at radius 1 is 0.893 bits per heavy atom. The van der Waals surface area contributed by atoms with Gasteiger partial charge in [0.25, 0.3) is 5.91 Å². The molecule has 0 atom stereocenters. The summed E-state index contributed by atoms with van der Waals surface area (Å²) in [5, 5.41) is 2.77. The molecule has 3 aromatic rings. The van der Waals surface area contributed by atoms with Gasteiger partial charge in [0.2, 0.25) is 0 Å². The minimum atomic E-state index is -0.453. The van der Waals surface area contributed by atoms with Crippen molar-refractivity contribution in [3.63, 3.8) is 0 Å². The lowest BCUT2D eigenvalue weighted by Crippen LogP contribution is -2.21. The summed E-state index contributed by atoms with van der Waals surface area (Å²) in [5.74, 6) is -0.155. The maximum atomic E-state index is 12.2. The number of benzene rings is 3. The van der Waals surface area contributed by atoms with Crippen LogP contribution < -0.4 is 10.1 Å². The van der Waals surface area contributed by atoms with Crippen molar-refractivity contribution in [2.75, 3.05) is 19.0 Å². The first kappa shape index (κ1) is 19.2. The van der Waals surface area contributed by atoms with Crippen LogP contribution in [0.2, 0.25) is 0 Å². The zero-order chi connectivity index (χ0) is 19.9. The van der Waals surface area contributed by atoms with Crippen LogP contribution in [-0.4, -0.2) is 25.6 Å². The number of hydrogen-bond donors (Lipinski definition) is 1. The molecular weight excluding hydrogens is 354 g/mol. The number of ether oxygens (including phenoxy) is 2. The third-order valence-corrected chi connectivity index (χ3v) is 4.26. The van der Waals surface area contributed by atoms with E-state index in [-0.39, 0.29) is 12.5 Å². The highest BCUT2D eigenvalue weighted by molar-refractivity contribution is 5.95.